The van der Waals surface area contributed by atoms with Gasteiger partial charge in [0, 0.05) is 18.0 Å². The number of para-hydroxylation sites is 1. The summed E-state index contributed by atoms with van der Waals surface area (Å²) in [6, 6.07) is 8.77. The summed E-state index contributed by atoms with van der Waals surface area (Å²) in [5.41, 5.74) is 0.330. The first-order chi connectivity index (χ1) is 11.5. The molecule has 0 bridgehead atoms. The number of hydrogen-bond acceptors (Lipinski definition) is 5. The number of anilines is 1. The van der Waals surface area contributed by atoms with Crippen molar-refractivity contribution in [3.05, 3.63) is 46.4 Å². The zero-order valence-electron chi connectivity index (χ0n) is 13.9. The molecule has 3 rings (SSSR count). The van der Waals surface area contributed by atoms with Crippen LogP contribution in [0.3, 0.4) is 0 Å². The Hall–Kier alpha value is -1.54. The SMILES string of the molecule is CN(C)CCN(C(=O)Cc1cccs1)c1nc2c(F)cccc2s1.Cl. The maximum atomic E-state index is 13.9. The zero-order valence-corrected chi connectivity index (χ0v) is 16.4. The molecule has 1 aromatic carbocycles. The Morgan fingerprint density at radius 3 is 2.64 bits per heavy atom. The van der Waals surface area contributed by atoms with Crippen molar-refractivity contribution in [3.8, 4) is 0 Å². The Labute approximate surface area is 160 Å². The van der Waals surface area contributed by atoms with E-state index in [2.05, 4.69) is 4.98 Å². The minimum Gasteiger partial charge on any atom is -0.308 e. The summed E-state index contributed by atoms with van der Waals surface area (Å²) in [5.74, 6) is -0.368. The lowest BCUT2D eigenvalue weighted by atomic mass is 10.3. The Morgan fingerprint density at radius 1 is 1.20 bits per heavy atom. The van der Waals surface area contributed by atoms with Crippen molar-refractivity contribution >= 4 is 56.3 Å². The first kappa shape index (κ1) is 19.8. The molecule has 1 amide bonds. The highest BCUT2D eigenvalue weighted by Gasteiger charge is 2.21. The summed E-state index contributed by atoms with van der Waals surface area (Å²) in [6.45, 7) is 1.24. The number of hydrogen-bond donors (Lipinski definition) is 0. The highest BCUT2D eigenvalue weighted by molar-refractivity contribution is 7.22. The van der Waals surface area contributed by atoms with E-state index in [0.29, 0.717) is 30.2 Å². The van der Waals surface area contributed by atoms with E-state index in [-0.39, 0.29) is 24.1 Å². The van der Waals surface area contributed by atoms with E-state index in [0.717, 1.165) is 9.58 Å². The number of fused-ring (bicyclic) bond motifs is 1. The Morgan fingerprint density at radius 2 is 2.00 bits per heavy atom. The van der Waals surface area contributed by atoms with E-state index in [1.54, 1.807) is 22.3 Å². The number of likely N-dealkylation sites (N-methyl/N-ethyl adjacent to an activating group) is 1. The molecule has 0 atom stereocenters. The summed E-state index contributed by atoms with van der Waals surface area (Å²) in [5, 5.41) is 2.51. The molecular weight excluding hydrogens is 381 g/mol. The summed E-state index contributed by atoms with van der Waals surface area (Å²) in [6.07, 6.45) is 0.337. The molecule has 0 radical (unpaired) electrons. The summed E-state index contributed by atoms with van der Waals surface area (Å²) in [4.78, 5) is 21.8. The fourth-order valence-corrected chi connectivity index (χ4v) is 4.02. The van der Waals surface area contributed by atoms with E-state index < -0.39 is 0 Å². The van der Waals surface area contributed by atoms with Crippen LogP contribution < -0.4 is 4.90 Å². The number of thiazole rings is 1. The van der Waals surface area contributed by atoms with Crippen LogP contribution >= 0.6 is 35.1 Å². The number of carbonyl (C=O) groups excluding carboxylic acids is 1. The van der Waals surface area contributed by atoms with Crippen LogP contribution in [0.2, 0.25) is 0 Å². The molecule has 134 valence electrons. The van der Waals surface area contributed by atoms with Gasteiger partial charge >= 0.3 is 0 Å². The van der Waals surface area contributed by atoms with Gasteiger partial charge in [0.25, 0.3) is 0 Å². The molecule has 0 fully saturated rings. The average molecular weight is 400 g/mol. The highest BCUT2D eigenvalue weighted by Crippen LogP contribution is 2.30. The second kappa shape index (κ2) is 8.71. The van der Waals surface area contributed by atoms with Crippen LogP contribution in [0.25, 0.3) is 10.2 Å². The smallest absolute Gasteiger partial charge is 0.234 e. The monoisotopic (exact) mass is 399 g/mol. The Kier molecular flexibility index (Phi) is 6.89. The number of benzene rings is 1. The predicted molar refractivity (Wildman–Crippen MR) is 106 cm³/mol. The van der Waals surface area contributed by atoms with Crippen molar-refractivity contribution in [1.82, 2.24) is 9.88 Å². The van der Waals surface area contributed by atoms with Gasteiger partial charge in [0.1, 0.15) is 11.3 Å². The first-order valence-corrected chi connectivity index (χ1v) is 9.27. The Bertz CT molecular complexity index is 836. The maximum Gasteiger partial charge on any atom is 0.234 e. The summed E-state index contributed by atoms with van der Waals surface area (Å²) >= 11 is 2.91. The van der Waals surface area contributed by atoms with Gasteiger partial charge < -0.3 is 4.90 Å². The van der Waals surface area contributed by atoms with Gasteiger partial charge in [0.15, 0.2) is 5.13 Å². The van der Waals surface area contributed by atoms with Crippen molar-refractivity contribution in [2.45, 2.75) is 6.42 Å². The lowest BCUT2D eigenvalue weighted by Gasteiger charge is -2.21. The number of nitrogens with zero attached hydrogens (tertiary/aromatic N) is 3. The van der Waals surface area contributed by atoms with Crippen molar-refractivity contribution in [2.24, 2.45) is 0 Å². The molecule has 0 aliphatic rings. The van der Waals surface area contributed by atoms with E-state index in [1.807, 2.05) is 42.6 Å². The van der Waals surface area contributed by atoms with E-state index >= 15 is 0 Å². The lowest BCUT2D eigenvalue weighted by molar-refractivity contribution is -0.118. The van der Waals surface area contributed by atoms with E-state index in [9.17, 15) is 9.18 Å². The van der Waals surface area contributed by atoms with Gasteiger partial charge in [-0.15, -0.1) is 23.7 Å². The highest BCUT2D eigenvalue weighted by atomic mass is 35.5. The first-order valence-electron chi connectivity index (χ1n) is 7.57. The predicted octanol–water partition coefficient (Wildman–Crippen LogP) is 4.06. The molecule has 0 aliphatic carbocycles. The van der Waals surface area contributed by atoms with Gasteiger partial charge in [-0.1, -0.05) is 23.5 Å². The quantitative estimate of drug-likeness (QED) is 0.627. The van der Waals surface area contributed by atoms with Gasteiger partial charge in [0.2, 0.25) is 5.91 Å². The summed E-state index contributed by atoms with van der Waals surface area (Å²) < 4.78 is 14.7. The van der Waals surface area contributed by atoms with Crippen molar-refractivity contribution in [3.63, 3.8) is 0 Å². The van der Waals surface area contributed by atoms with Gasteiger partial charge in [-0.25, -0.2) is 9.37 Å². The van der Waals surface area contributed by atoms with Gasteiger partial charge in [-0.3, -0.25) is 9.69 Å². The maximum absolute atomic E-state index is 13.9. The lowest BCUT2D eigenvalue weighted by Crippen LogP contribution is -2.37. The number of carbonyl (C=O) groups is 1. The number of halogens is 2. The Balaban J connectivity index is 0.00000225. The van der Waals surface area contributed by atoms with Crippen molar-refractivity contribution < 1.29 is 9.18 Å². The zero-order chi connectivity index (χ0) is 17.1. The molecule has 0 spiro atoms. The summed E-state index contributed by atoms with van der Waals surface area (Å²) in [7, 11) is 3.92. The second-order valence-electron chi connectivity index (χ2n) is 5.69. The van der Waals surface area contributed by atoms with Crippen LogP contribution in [0, 0.1) is 5.82 Å². The van der Waals surface area contributed by atoms with Gasteiger partial charge in [-0.2, -0.15) is 0 Å². The van der Waals surface area contributed by atoms with E-state index in [1.165, 1.54) is 17.4 Å². The van der Waals surface area contributed by atoms with Crippen LogP contribution in [0.1, 0.15) is 4.88 Å². The molecule has 0 saturated carbocycles. The third kappa shape index (κ3) is 4.76. The van der Waals surface area contributed by atoms with Gasteiger partial charge in [0.05, 0.1) is 11.1 Å². The van der Waals surface area contributed by atoms with Gasteiger partial charge in [-0.05, 0) is 37.7 Å². The fraction of sp³-hybridized carbons (Fsp3) is 0.294. The largest absolute Gasteiger partial charge is 0.308 e. The normalized spacial score (nSPS) is 10.9. The van der Waals surface area contributed by atoms with Crippen molar-refractivity contribution in [2.75, 3.05) is 32.1 Å². The molecule has 25 heavy (non-hydrogen) atoms. The van der Waals surface area contributed by atoms with Crippen LogP contribution in [-0.4, -0.2) is 43.0 Å². The number of aromatic nitrogens is 1. The fourth-order valence-electron chi connectivity index (χ4n) is 2.30. The molecule has 0 N–H and O–H groups in total. The molecule has 8 heteroatoms. The second-order valence-corrected chi connectivity index (χ2v) is 7.73. The molecule has 2 heterocycles. The van der Waals surface area contributed by atoms with Crippen LogP contribution in [0.15, 0.2) is 35.7 Å². The molecule has 4 nitrogen and oxygen atoms in total. The minimum atomic E-state index is -0.353. The van der Waals surface area contributed by atoms with Crippen LogP contribution in [0.5, 0.6) is 0 Å². The standard InChI is InChI=1S/C17H18FN3OS2.ClH/c1-20(2)8-9-21(15(22)11-12-5-4-10-23-12)17-19-16-13(18)6-3-7-14(16)24-17;/h3-7,10H,8-9,11H2,1-2H3;1H. The average Bonchev–Trinajstić information content (AvgIpc) is 3.17. The molecule has 0 aliphatic heterocycles. The topological polar surface area (TPSA) is 36.4 Å². The molecule has 2 aromatic heterocycles. The minimum absolute atomic E-state index is 0. The molecule has 0 saturated heterocycles. The number of amides is 1. The third-order valence-electron chi connectivity index (χ3n) is 3.57. The van der Waals surface area contributed by atoms with Crippen LogP contribution in [-0.2, 0) is 11.2 Å². The van der Waals surface area contributed by atoms with Crippen LogP contribution in [0.4, 0.5) is 9.52 Å². The number of rotatable bonds is 6. The number of thiophene rings is 1. The molecule has 0 unspecified atom stereocenters. The van der Waals surface area contributed by atoms with E-state index in [4.69, 9.17) is 0 Å². The third-order valence-corrected chi connectivity index (χ3v) is 5.49. The van der Waals surface area contributed by atoms with Crippen molar-refractivity contribution in [1.29, 1.82) is 0 Å². The molecule has 3 aromatic rings. The molecular formula is C17H19ClFN3OS2.